The van der Waals surface area contributed by atoms with E-state index in [2.05, 4.69) is 53.6 Å². The minimum absolute atomic E-state index is 0.292. The van der Waals surface area contributed by atoms with Gasteiger partial charge in [-0.15, -0.1) is 10.2 Å². The number of hydrogen-bond acceptors (Lipinski definition) is 5. The van der Waals surface area contributed by atoms with Gasteiger partial charge in [0.15, 0.2) is 0 Å². The van der Waals surface area contributed by atoms with Crippen LogP contribution in [0.2, 0.25) is 0 Å². The van der Waals surface area contributed by atoms with Gasteiger partial charge in [0.2, 0.25) is 5.89 Å². The second-order valence-corrected chi connectivity index (χ2v) is 6.20. The quantitative estimate of drug-likeness (QED) is 0.735. The predicted octanol–water partition coefficient (Wildman–Crippen LogP) is 4.23. The van der Waals surface area contributed by atoms with Gasteiger partial charge in [0, 0.05) is 6.04 Å². The molecule has 3 aromatic rings. The van der Waals surface area contributed by atoms with Crippen LogP contribution in [0.3, 0.4) is 0 Å². The van der Waals surface area contributed by atoms with Crippen molar-refractivity contribution in [2.45, 2.75) is 46.2 Å². The molecule has 0 fully saturated rings. The van der Waals surface area contributed by atoms with Gasteiger partial charge in [-0.3, -0.25) is 0 Å². The third-order valence-corrected chi connectivity index (χ3v) is 4.39. The molecule has 0 aliphatic carbocycles. The van der Waals surface area contributed by atoms with E-state index in [1.165, 1.54) is 5.56 Å². The van der Waals surface area contributed by atoms with Crippen LogP contribution >= 0.6 is 0 Å². The highest BCUT2D eigenvalue weighted by Gasteiger charge is 2.17. The molecule has 0 radical (unpaired) electrons. The van der Waals surface area contributed by atoms with Gasteiger partial charge < -0.3 is 14.2 Å². The van der Waals surface area contributed by atoms with Crippen LogP contribution in [0, 0.1) is 13.8 Å². The third kappa shape index (κ3) is 3.57. The van der Waals surface area contributed by atoms with Crippen molar-refractivity contribution in [1.29, 1.82) is 0 Å². The molecule has 1 aromatic carbocycles. The Balaban J connectivity index is 1.62. The second kappa shape index (κ2) is 7.01. The van der Waals surface area contributed by atoms with Gasteiger partial charge in [0.1, 0.15) is 11.5 Å². The van der Waals surface area contributed by atoms with Gasteiger partial charge in [-0.05, 0) is 38.3 Å². The van der Waals surface area contributed by atoms with Crippen molar-refractivity contribution >= 4 is 0 Å². The fourth-order valence-corrected chi connectivity index (χ4v) is 2.75. The molecule has 3 rings (SSSR count). The lowest BCUT2D eigenvalue weighted by atomic mass is 9.94. The summed E-state index contributed by atoms with van der Waals surface area (Å²) in [5, 5.41) is 11.7. The molecule has 0 saturated heterocycles. The summed E-state index contributed by atoms with van der Waals surface area (Å²) in [6.45, 7) is 8.72. The molecule has 0 aliphatic rings. The molecule has 0 amide bonds. The van der Waals surface area contributed by atoms with E-state index in [1.807, 2.05) is 26.0 Å². The molecular formula is C19H23N3O2. The molecule has 5 heteroatoms. The van der Waals surface area contributed by atoms with Crippen molar-refractivity contribution in [1.82, 2.24) is 15.5 Å². The number of furan rings is 1. The number of rotatable bonds is 6. The Morgan fingerprint density at radius 3 is 2.46 bits per heavy atom. The average molecular weight is 325 g/mol. The topological polar surface area (TPSA) is 64.1 Å². The fraction of sp³-hybridized carbons (Fsp3) is 0.368. The number of nitrogens with one attached hydrogen (secondary N) is 1. The van der Waals surface area contributed by atoms with Crippen LogP contribution in [0.25, 0.3) is 11.5 Å². The van der Waals surface area contributed by atoms with Gasteiger partial charge in [-0.25, -0.2) is 0 Å². The molecule has 24 heavy (non-hydrogen) atoms. The van der Waals surface area contributed by atoms with Crippen molar-refractivity contribution in [3.8, 4) is 11.5 Å². The molecule has 5 nitrogen and oxygen atoms in total. The molecule has 2 aromatic heterocycles. The number of nitrogens with zero attached hydrogens (tertiary/aromatic N) is 2. The molecule has 1 N–H and O–H groups in total. The maximum Gasteiger partial charge on any atom is 0.251 e. The van der Waals surface area contributed by atoms with E-state index < -0.39 is 0 Å². The van der Waals surface area contributed by atoms with E-state index in [0.29, 0.717) is 30.3 Å². The summed E-state index contributed by atoms with van der Waals surface area (Å²) in [6.07, 6.45) is 0. The van der Waals surface area contributed by atoms with Crippen LogP contribution in [0.1, 0.15) is 42.7 Å². The second-order valence-electron chi connectivity index (χ2n) is 6.20. The predicted molar refractivity (Wildman–Crippen MR) is 92.6 cm³/mol. The Morgan fingerprint density at radius 1 is 1.04 bits per heavy atom. The van der Waals surface area contributed by atoms with E-state index in [-0.39, 0.29) is 0 Å². The van der Waals surface area contributed by atoms with Crippen LogP contribution in [0.4, 0.5) is 0 Å². The Bertz CT molecular complexity index is 792. The lowest BCUT2D eigenvalue weighted by molar-refractivity contribution is 0.422. The van der Waals surface area contributed by atoms with E-state index in [4.69, 9.17) is 8.83 Å². The van der Waals surface area contributed by atoms with E-state index >= 15 is 0 Å². The van der Waals surface area contributed by atoms with Crippen molar-refractivity contribution in [2.75, 3.05) is 0 Å². The molecule has 0 aliphatic heterocycles. The lowest BCUT2D eigenvalue weighted by Gasteiger charge is -2.21. The highest BCUT2D eigenvalue weighted by Crippen LogP contribution is 2.25. The maximum atomic E-state index is 5.75. The Morgan fingerprint density at radius 2 is 1.79 bits per heavy atom. The van der Waals surface area contributed by atoms with Gasteiger partial charge in [-0.2, -0.15) is 0 Å². The number of aryl methyl sites for hydroxylation is 2. The zero-order valence-electron chi connectivity index (χ0n) is 14.5. The van der Waals surface area contributed by atoms with Crippen LogP contribution in [0.5, 0.6) is 0 Å². The van der Waals surface area contributed by atoms with Crippen molar-refractivity contribution < 1.29 is 8.83 Å². The summed E-state index contributed by atoms with van der Waals surface area (Å²) >= 11 is 0. The highest BCUT2D eigenvalue weighted by molar-refractivity contribution is 5.55. The van der Waals surface area contributed by atoms with Gasteiger partial charge in [-0.1, -0.05) is 37.3 Å². The first-order valence-electron chi connectivity index (χ1n) is 8.22. The van der Waals surface area contributed by atoms with E-state index in [1.54, 1.807) is 0 Å². The first-order chi connectivity index (χ1) is 11.5. The summed E-state index contributed by atoms with van der Waals surface area (Å²) in [5.41, 5.74) is 2.17. The van der Waals surface area contributed by atoms with Gasteiger partial charge in [0.25, 0.3) is 5.89 Å². The smallest absolute Gasteiger partial charge is 0.251 e. The number of aromatic nitrogens is 2. The number of benzene rings is 1. The van der Waals surface area contributed by atoms with Crippen molar-refractivity contribution in [3.05, 3.63) is 59.4 Å². The van der Waals surface area contributed by atoms with E-state index in [9.17, 15) is 0 Å². The normalized spacial score (nSPS) is 13.8. The molecule has 126 valence electrons. The summed E-state index contributed by atoms with van der Waals surface area (Å²) in [5.74, 6) is 3.11. The van der Waals surface area contributed by atoms with Gasteiger partial charge in [0.05, 0.1) is 12.1 Å². The highest BCUT2D eigenvalue weighted by atomic mass is 16.4. The molecule has 0 spiro atoms. The van der Waals surface area contributed by atoms with Crippen LogP contribution in [-0.2, 0) is 6.54 Å². The summed E-state index contributed by atoms with van der Waals surface area (Å²) in [7, 11) is 0. The molecule has 2 heterocycles. The van der Waals surface area contributed by atoms with Crippen molar-refractivity contribution in [2.24, 2.45) is 0 Å². The monoisotopic (exact) mass is 325 g/mol. The summed E-state index contributed by atoms with van der Waals surface area (Å²) in [4.78, 5) is 0. The zero-order valence-corrected chi connectivity index (χ0v) is 14.5. The molecule has 2 atom stereocenters. The first kappa shape index (κ1) is 16.5. The Kier molecular flexibility index (Phi) is 4.81. The maximum absolute atomic E-state index is 5.75. The molecule has 0 saturated carbocycles. The molecule has 0 unspecified atom stereocenters. The Hall–Kier alpha value is -2.40. The van der Waals surface area contributed by atoms with Crippen LogP contribution < -0.4 is 5.32 Å². The van der Waals surface area contributed by atoms with Crippen LogP contribution in [0.15, 0.2) is 45.2 Å². The largest absolute Gasteiger partial charge is 0.466 e. The first-order valence-corrected chi connectivity index (χ1v) is 8.22. The Labute approximate surface area is 142 Å². The zero-order chi connectivity index (χ0) is 17.1. The average Bonchev–Trinajstić information content (AvgIpc) is 3.18. The minimum Gasteiger partial charge on any atom is -0.466 e. The van der Waals surface area contributed by atoms with E-state index in [0.717, 1.165) is 17.1 Å². The lowest BCUT2D eigenvalue weighted by Crippen LogP contribution is -2.30. The van der Waals surface area contributed by atoms with Gasteiger partial charge >= 0.3 is 0 Å². The summed E-state index contributed by atoms with van der Waals surface area (Å²) in [6, 6.07) is 12.7. The fourth-order valence-electron chi connectivity index (χ4n) is 2.75. The van der Waals surface area contributed by atoms with Crippen LogP contribution in [-0.4, -0.2) is 16.2 Å². The number of hydrogen-bond donors (Lipinski definition) is 1. The standard InChI is InChI=1S/C19H23N3O2/c1-12-10-17(15(4)23-12)19-22-21-18(24-19)11-20-14(3)13(2)16-8-6-5-7-9-16/h5-10,13-14,20H,11H2,1-4H3/t13-,14+/m1/s1. The molecule has 0 bridgehead atoms. The SMILES string of the molecule is Cc1cc(-c2nnc(CN[C@@H](C)[C@@H](C)c3ccccc3)o2)c(C)o1. The molecular weight excluding hydrogens is 302 g/mol. The van der Waals surface area contributed by atoms with Crippen molar-refractivity contribution in [3.63, 3.8) is 0 Å². The third-order valence-electron chi connectivity index (χ3n) is 4.39. The summed E-state index contributed by atoms with van der Waals surface area (Å²) < 4.78 is 11.3. The minimum atomic E-state index is 0.292.